The highest BCUT2D eigenvalue weighted by Gasteiger charge is 2.39. The summed E-state index contributed by atoms with van der Waals surface area (Å²) < 4.78 is 26.2. The summed E-state index contributed by atoms with van der Waals surface area (Å²) in [5.41, 5.74) is 2.50. The molecule has 2 aromatic rings. The Morgan fingerprint density at radius 2 is 2.07 bits per heavy atom. The largest absolute Gasteiger partial charge is 0.322 e. The van der Waals surface area contributed by atoms with Gasteiger partial charge in [-0.25, -0.2) is 17.8 Å². The molecule has 2 N–H and O–H groups in total. The molecule has 4 rings (SSSR count). The first-order valence-electron chi connectivity index (χ1n) is 9.35. The number of carbonyl (C=O) groups excluding carboxylic acids is 3. The fraction of sp³-hybridized carbons (Fsp3) is 0.389. The van der Waals surface area contributed by atoms with Gasteiger partial charge in [0.15, 0.2) is 0 Å². The second-order valence-electron chi connectivity index (χ2n) is 7.31. The van der Waals surface area contributed by atoms with Crippen LogP contribution in [-0.2, 0) is 32.6 Å². The number of hydrogen-bond acceptors (Lipinski definition) is 7. The summed E-state index contributed by atoms with van der Waals surface area (Å²) in [6.07, 6.45) is 3.65. The molecule has 1 fully saturated rings. The number of piperidine rings is 1. The Hall–Kier alpha value is -3.12. The van der Waals surface area contributed by atoms with E-state index in [1.54, 1.807) is 24.4 Å². The number of hydrogen-bond donors (Lipinski definition) is 2. The molecule has 0 bridgehead atoms. The number of benzene rings is 1. The van der Waals surface area contributed by atoms with E-state index in [2.05, 4.69) is 20.4 Å². The molecule has 1 unspecified atom stereocenters. The Labute approximate surface area is 172 Å². The summed E-state index contributed by atoms with van der Waals surface area (Å²) in [5, 5.41) is 10.4. The first-order chi connectivity index (χ1) is 14.2. The van der Waals surface area contributed by atoms with E-state index < -0.39 is 22.0 Å². The average molecular weight is 432 g/mol. The lowest BCUT2D eigenvalue weighted by Gasteiger charge is -2.29. The quantitative estimate of drug-likeness (QED) is 0.564. The fourth-order valence-corrected chi connectivity index (χ4v) is 4.06. The van der Waals surface area contributed by atoms with Gasteiger partial charge in [-0.15, -0.1) is 5.10 Å². The van der Waals surface area contributed by atoms with E-state index in [4.69, 9.17) is 0 Å². The Bertz CT molecular complexity index is 1140. The van der Waals surface area contributed by atoms with Gasteiger partial charge in [-0.1, -0.05) is 11.3 Å². The number of aromatic nitrogens is 3. The predicted molar refractivity (Wildman–Crippen MR) is 104 cm³/mol. The maximum absolute atomic E-state index is 12.9. The van der Waals surface area contributed by atoms with Crippen LogP contribution >= 0.6 is 0 Å². The van der Waals surface area contributed by atoms with Gasteiger partial charge in [0.25, 0.3) is 5.91 Å². The number of fused-ring (bicyclic) bond motifs is 1. The SMILES string of the molecule is CS(=O)(=O)NCCc1cn(-c2ccc3c(c2)C(=O)N(C2CCC(=O)NC2=O)C3)nn1. The third kappa shape index (κ3) is 4.09. The molecule has 1 aromatic heterocycles. The topological polar surface area (TPSA) is 143 Å². The van der Waals surface area contributed by atoms with Gasteiger partial charge in [0.05, 0.1) is 23.8 Å². The average Bonchev–Trinajstić information content (AvgIpc) is 3.26. The van der Waals surface area contributed by atoms with Crippen LogP contribution in [0.3, 0.4) is 0 Å². The van der Waals surface area contributed by atoms with Gasteiger partial charge in [-0.3, -0.25) is 19.7 Å². The third-order valence-corrected chi connectivity index (χ3v) is 5.79. The molecule has 1 saturated heterocycles. The molecule has 1 aromatic carbocycles. The van der Waals surface area contributed by atoms with Crippen molar-refractivity contribution >= 4 is 27.7 Å². The van der Waals surface area contributed by atoms with Crippen LogP contribution in [-0.4, -0.2) is 64.9 Å². The Balaban J connectivity index is 1.49. The van der Waals surface area contributed by atoms with E-state index in [9.17, 15) is 22.8 Å². The van der Waals surface area contributed by atoms with E-state index in [0.717, 1.165) is 11.8 Å². The van der Waals surface area contributed by atoms with Crippen molar-refractivity contribution in [3.63, 3.8) is 0 Å². The van der Waals surface area contributed by atoms with Gasteiger partial charge in [0, 0.05) is 31.5 Å². The van der Waals surface area contributed by atoms with E-state index in [1.807, 2.05) is 0 Å². The van der Waals surface area contributed by atoms with Crippen molar-refractivity contribution in [1.29, 1.82) is 0 Å². The van der Waals surface area contributed by atoms with Crippen molar-refractivity contribution < 1.29 is 22.8 Å². The summed E-state index contributed by atoms with van der Waals surface area (Å²) in [6, 6.07) is 4.64. The lowest BCUT2D eigenvalue weighted by molar-refractivity contribution is -0.136. The molecular weight excluding hydrogens is 412 g/mol. The van der Waals surface area contributed by atoms with Crippen molar-refractivity contribution in [1.82, 2.24) is 29.9 Å². The zero-order valence-corrected chi connectivity index (χ0v) is 17.0. The van der Waals surface area contributed by atoms with E-state index in [-0.39, 0.29) is 24.8 Å². The van der Waals surface area contributed by atoms with Crippen LogP contribution in [0.1, 0.15) is 34.5 Å². The minimum absolute atomic E-state index is 0.206. The molecular formula is C18H20N6O5S. The summed E-state index contributed by atoms with van der Waals surface area (Å²) in [7, 11) is -3.27. The second-order valence-corrected chi connectivity index (χ2v) is 9.15. The molecule has 30 heavy (non-hydrogen) atoms. The first-order valence-corrected chi connectivity index (χ1v) is 11.2. The molecule has 0 saturated carbocycles. The Kier molecular flexibility index (Phi) is 5.12. The minimum atomic E-state index is -3.27. The van der Waals surface area contributed by atoms with Crippen molar-refractivity contribution in [3.05, 3.63) is 41.2 Å². The Morgan fingerprint density at radius 3 is 2.80 bits per heavy atom. The third-order valence-electron chi connectivity index (χ3n) is 5.06. The molecule has 2 aliphatic rings. The molecule has 1 atom stereocenters. The van der Waals surface area contributed by atoms with Gasteiger partial charge in [0.1, 0.15) is 6.04 Å². The van der Waals surface area contributed by atoms with Crippen LogP contribution in [0.15, 0.2) is 24.4 Å². The maximum Gasteiger partial charge on any atom is 0.255 e. The zero-order valence-electron chi connectivity index (χ0n) is 16.2. The monoisotopic (exact) mass is 432 g/mol. The van der Waals surface area contributed by atoms with Crippen molar-refractivity contribution in [2.45, 2.75) is 31.8 Å². The normalized spacial score (nSPS) is 19.2. The molecule has 2 aliphatic heterocycles. The van der Waals surface area contributed by atoms with Crippen molar-refractivity contribution in [3.8, 4) is 5.69 Å². The number of carbonyl (C=O) groups is 3. The lowest BCUT2D eigenvalue weighted by atomic mass is 10.0. The summed E-state index contributed by atoms with van der Waals surface area (Å²) in [6.45, 7) is 0.515. The molecule has 0 radical (unpaired) electrons. The van der Waals surface area contributed by atoms with Gasteiger partial charge in [-0.2, -0.15) is 0 Å². The summed E-state index contributed by atoms with van der Waals surface area (Å²) in [5.74, 6) is -1.04. The number of nitrogens with one attached hydrogen (secondary N) is 2. The summed E-state index contributed by atoms with van der Waals surface area (Å²) >= 11 is 0. The maximum atomic E-state index is 12.9. The van der Waals surface area contributed by atoms with Crippen LogP contribution in [0.5, 0.6) is 0 Å². The fourth-order valence-electron chi connectivity index (χ4n) is 3.59. The molecule has 12 heteroatoms. The first kappa shape index (κ1) is 20.2. The number of imide groups is 1. The number of sulfonamides is 1. The van der Waals surface area contributed by atoms with Crippen molar-refractivity contribution in [2.24, 2.45) is 0 Å². The van der Waals surface area contributed by atoms with Crippen molar-refractivity contribution in [2.75, 3.05) is 12.8 Å². The standard InChI is InChI=1S/C18H20N6O5S/c1-30(28,29)19-7-6-12-10-24(22-21-12)13-3-2-11-9-23(18(27)14(11)8-13)15-4-5-16(25)20-17(15)26/h2-3,8,10,15,19H,4-7,9H2,1H3,(H,20,25,26). The zero-order chi connectivity index (χ0) is 21.5. The smallest absolute Gasteiger partial charge is 0.255 e. The molecule has 0 aliphatic carbocycles. The van der Waals surface area contributed by atoms with Gasteiger partial charge >= 0.3 is 0 Å². The van der Waals surface area contributed by atoms with Crippen LogP contribution < -0.4 is 10.0 Å². The van der Waals surface area contributed by atoms with Crippen LogP contribution in [0.25, 0.3) is 5.69 Å². The van der Waals surface area contributed by atoms with Crippen LogP contribution in [0.2, 0.25) is 0 Å². The highest BCUT2D eigenvalue weighted by Crippen LogP contribution is 2.29. The van der Waals surface area contributed by atoms with Gasteiger partial charge < -0.3 is 4.90 Å². The molecule has 3 heterocycles. The molecule has 11 nitrogen and oxygen atoms in total. The Morgan fingerprint density at radius 1 is 1.27 bits per heavy atom. The van der Waals surface area contributed by atoms with Crippen LogP contribution in [0.4, 0.5) is 0 Å². The van der Waals surface area contributed by atoms with Gasteiger partial charge in [0.2, 0.25) is 21.8 Å². The van der Waals surface area contributed by atoms with Crippen LogP contribution in [0, 0.1) is 0 Å². The highest BCUT2D eigenvalue weighted by molar-refractivity contribution is 7.88. The second kappa shape index (κ2) is 7.61. The highest BCUT2D eigenvalue weighted by atomic mass is 32.2. The minimum Gasteiger partial charge on any atom is -0.322 e. The van der Waals surface area contributed by atoms with E-state index in [1.165, 1.54) is 9.58 Å². The van der Waals surface area contributed by atoms with Gasteiger partial charge in [-0.05, 0) is 24.1 Å². The molecule has 3 amide bonds. The predicted octanol–water partition coefficient (Wildman–Crippen LogP) is -0.880. The summed E-state index contributed by atoms with van der Waals surface area (Å²) in [4.78, 5) is 37.9. The number of nitrogens with zero attached hydrogens (tertiary/aromatic N) is 4. The molecule has 158 valence electrons. The molecule has 0 spiro atoms. The van der Waals surface area contributed by atoms with E-state index in [0.29, 0.717) is 36.3 Å². The number of amides is 3. The number of rotatable bonds is 6. The lowest BCUT2D eigenvalue weighted by Crippen LogP contribution is -2.52. The van der Waals surface area contributed by atoms with E-state index >= 15 is 0 Å².